The second kappa shape index (κ2) is 4.83. The van der Waals surface area contributed by atoms with Crippen molar-refractivity contribution < 1.29 is 19.1 Å². The lowest BCUT2D eigenvalue weighted by molar-refractivity contribution is -0.151. The Morgan fingerprint density at radius 2 is 1.95 bits per heavy atom. The van der Waals surface area contributed by atoms with Crippen LogP contribution < -0.4 is 5.32 Å². The summed E-state index contributed by atoms with van der Waals surface area (Å²) in [7, 11) is 0. The first kappa shape index (κ1) is 13.3. The molecule has 6 heteroatoms. The molecule has 0 saturated heterocycles. The summed E-state index contributed by atoms with van der Waals surface area (Å²) in [4.78, 5) is 27.6. The molecule has 2 atom stereocenters. The molecule has 22 heavy (non-hydrogen) atoms. The zero-order valence-electron chi connectivity index (χ0n) is 11.9. The van der Waals surface area contributed by atoms with Crippen LogP contribution in [0.1, 0.15) is 37.5 Å². The molecule has 2 aliphatic carbocycles. The van der Waals surface area contributed by atoms with Crippen LogP contribution in [0.4, 0.5) is 5.69 Å². The van der Waals surface area contributed by atoms with Crippen LogP contribution in [0.2, 0.25) is 0 Å². The molecule has 2 aromatic rings. The number of carboxylic acids is 1. The van der Waals surface area contributed by atoms with Gasteiger partial charge in [0.1, 0.15) is 5.52 Å². The van der Waals surface area contributed by atoms with Crippen molar-refractivity contribution in [2.24, 2.45) is 11.8 Å². The Kier molecular flexibility index (Phi) is 2.92. The monoisotopic (exact) mass is 300 g/mol. The van der Waals surface area contributed by atoms with Crippen LogP contribution in [-0.2, 0) is 9.59 Å². The normalized spacial score (nSPS) is 24.0. The van der Waals surface area contributed by atoms with Gasteiger partial charge in [-0.1, -0.05) is 0 Å². The van der Waals surface area contributed by atoms with Crippen molar-refractivity contribution in [3.05, 3.63) is 24.1 Å². The third kappa shape index (κ3) is 2.24. The molecule has 1 amide bonds. The number of nitrogens with one attached hydrogen (secondary N) is 1. The van der Waals surface area contributed by atoms with Crippen molar-refractivity contribution in [1.82, 2.24) is 4.98 Å². The number of carbonyl (C=O) groups excluding carboxylic acids is 1. The third-order valence-corrected chi connectivity index (χ3v) is 4.53. The zero-order chi connectivity index (χ0) is 15.3. The lowest BCUT2D eigenvalue weighted by Crippen LogP contribution is -2.41. The van der Waals surface area contributed by atoms with E-state index < -0.39 is 17.8 Å². The molecule has 0 aliphatic heterocycles. The molecule has 1 heterocycles. The number of carboxylic acid groups (broad SMARTS) is 1. The molecule has 114 valence electrons. The Hall–Kier alpha value is -2.37. The minimum Gasteiger partial charge on any atom is -0.481 e. The quantitative estimate of drug-likeness (QED) is 0.905. The summed E-state index contributed by atoms with van der Waals surface area (Å²) in [5, 5.41) is 11.8. The van der Waals surface area contributed by atoms with Crippen molar-refractivity contribution in [2.75, 3.05) is 5.32 Å². The number of amides is 1. The maximum absolute atomic E-state index is 12.2. The van der Waals surface area contributed by atoms with Gasteiger partial charge < -0.3 is 14.8 Å². The largest absolute Gasteiger partial charge is 0.481 e. The minimum atomic E-state index is -0.896. The highest BCUT2D eigenvalue weighted by Gasteiger charge is 2.41. The standard InChI is InChI=1S/C16H16N2O4/c19-14(10-4-5-11(10)16(20)21)17-9-3-6-13-12(7-9)18-15(22-13)8-1-2-8/h3,6-8,10-11H,1-2,4-5H2,(H,17,19)(H,20,21). The Balaban J connectivity index is 1.51. The molecule has 0 radical (unpaired) electrons. The van der Waals surface area contributed by atoms with Crippen molar-refractivity contribution in [3.8, 4) is 0 Å². The van der Waals surface area contributed by atoms with Gasteiger partial charge in [0.05, 0.1) is 11.8 Å². The van der Waals surface area contributed by atoms with Gasteiger partial charge in [-0.05, 0) is 43.9 Å². The zero-order valence-corrected chi connectivity index (χ0v) is 11.9. The van der Waals surface area contributed by atoms with E-state index in [0.717, 1.165) is 24.2 Å². The fourth-order valence-electron chi connectivity index (χ4n) is 2.87. The van der Waals surface area contributed by atoms with Gasteiger partial charge in [-0.2, -0.15) is 0 Å². The molecular formula is C16H16N2O4. The summed E-state index contributed by atoms with van der Waals surface area (Å²) in [6.45, 7) is 0. The van der Waals surface area contributed by atoms with E-state index in [1.807, 2.05) is 0 Å². The number of benzene rings is 1. The summed E-state index contributed by atoms with van der Waals surface area (Å²) in [5.74, 6) is -0.915. The number of nitrogens with zero attached hydrogens (tertiary/aromatic N) is 1. The summed E-state index contributed by atoms with van der Waals surface area (Å²) in [5.41, 5.74) is 2.07. The molecule has 2 aliphatic rings. The first-order valence-electron chi connectivity index (χ1n) is 7.56. The second-order valence-corrected chi connectivity index (χ2v) is 6.13. The van der Waals surface area contributed by atoms with Gasteiger partial charge in [0.15, 0.2) is 11.5 Å². The molecule has 2 N–H and O–H groups in total. The number of aromatic nitrogens is 1. The number of hydrogen-bond acceptors (Lipinski definition) is 4. The smallest absolute Gasteiger partial charge is 0.307 e. The molecule has 4 rings (SSSR count). The van der Waals surface area contributed by atoms with Crippen molar-refractivity contribution >= 4 is 28.7 Å². The number of fused-ring (bicyclic) bond motifs is 1. The van der Waals surface area contributed by atoms with Crippen LogP contribution in [0.3, 0.4) is 0 Å². The molecular weight excluding hydrogens is 284 g/mol. The molecule has 2 unspecified atom stereocenters. The van der Waals surface area contributed by atoms with Crippen molar-refractivity contribution in [3.63, 3.8) is 0 Å². The average molecular weight is 300 g/mol. The minimum absolute atomic E-state index is 0.232. The number of oxazole rings is 1. The van der Waals surface area contributed by atoms with Gasteiger partial charge in [-0.15, -0.1) is 0 Å². The third-order valence-electron chi connectivity index (χ3n) is 4.53. The number of carbonyl (C=O) groups is 2. The van der Waals surface area contributed by atoms with E-state index in [1.54, 1.807) is 18.2 Å². The number of aliphatic carboxylic acids is 1. The number of hydrogen-bond donors (Lipinski definition) is 2. The maximum atomic E-state index is 12.2. The highest BCUT2D eigenvalue weighted by Crippen LogP contribution is 2.41. The first-order valence-corrected chi connectivity index (χ1v) is 7.56. The van der Waals surface area contributed by atoms with Gasteiger partial charge in [0.2, 0.25) is 5.91 Å². The summed E-state index contributed by atoms with van der Waals surface area (Å²) in [6, 6.07) is 5.33. The fourth-order valence-corrected chi connectivity index (χ4v) is 2.87. The molecule has 6 nitrogen and oxygen atoms in total. The molecule has 2 saturated carbocycles. The van der Waals surface area contributed by atoms with Gasteiger partial charge in [0.25, 0.3) is 0 Å². The molecule has 0 spiro atoms. The Labute approximate surface area is 126 Å². The van der Waals surface area contributed by atoms with Crippen molar-refractivity contribution in [1.29, 1.82) is 0 Å². The van der Waals surface area contributed by atoms with Gasteiger partial charge in [0, 0.05) is 11.6 Å². The van der Waals surface area contributed by atoms with E-state index >= 15 is 0 Å². The molecule has 1 aromatic heterocycles. The maximum Gasteiger partial charge on any atom is 0.307 e. The highest BCUT2D eigenvalue weighted by atomic mass is 16.4. The molecule has 2 fully saturated rings. The first-order chi connectivity index (χ1) is 10.6. The van der Waals surface area contributed by atoms with E-state index in [2.05, 4.69) is 10.3 Å². The van der Waals surface area contributed by atoms with E-state index in [4.69, 9.17) is 9.52 Å². The predicted molar refractivity (Wildman–Crippen MR) is 78.5 cm³/mol. The molecule has 1 aromatic carbocycles. The second-order valence-electron chi connectivity index (χ2n) is 6.13. The Morgan fingerprint density at radius 1 is 1.18 bits per heavy atom. The fraction of sp³-hybridized carbons (Fsp3) is 0.438. The summed E-state index contributed by atoms with van der Waals surface area (Å²) < 4.78 is 5.68. The van der Waals surface area contributed by atoms with Gasteiger partial charge >= 0.3 is 5.97 Å². The van der Waals surface area contributed by atoms with Gasteiger partial charge in [-0.3, -0.25) is 9.59 Å². The number of anilines is 1. The summed E-state index contributed by atoms with van der Waals surface area (Å²) >= 11 is 0. The van der Waals surface area contributed by atoms with Gasteiger partial charge in [-0.25, -0.2) is 4.98 Å². The van der Waals surface area contributed by atoms with Crippen LogP contribution in [0.25, 0.3) is 11.1 Å². The SMILES string of the molecule is O=C(O)C1CCC1C(=O)Nc1ccc2oc(C3CC3)nc2c1. The van der Waals surface area contributed by atoms with E-state index in [-0.39, 0.29) is 5.91 Å². The average Bonchev–Trinajstić information content (AvgIpc) is 3.17. The number of rotatable bonds is 4. The van der Waals surface area contributed by atoms with Crippen molar-refractivity contribution in [2.45, 2.75) is 31.6 Å². The van der Waals surface area contributed by atoms with Crippen LogP contribution >= 0.6 is 0 Å². The predicted octanol–water partition coefficient (Wildman–Crippen LogP) is 2.75. The van der Waals surface area contributed by atoms with E-state index in [9.17, 15) is 9.59 Å². The lowest BCUT2D eigenvalue weighted by Gasteiger charge is -2.31. The molecule has 0 bridgehead atoms. The van der Waals surface area contributed by atoms with E-state index in [1.165, 1.54) is 0 Å². The Morgan fingerprint density at radius 3 is 2.59 bits per heavy atom. The van der Waals surface area contributed by atoms with Crippen LogP contribution in [0.5, 0.6) is 0 Å². The Bertz CT molecular complexity index is 763. The van der Waals surface area contributed by atoms with Crippen LogP contribution in [0.15, 0.2) is 22.6 Å². The van der Waals surface area contributed by atoms with Crippen LogP contribution in [-0.4, -0.2) is 22.0 Å². The lowest BCUT2D eigenvalue weighted by atomic mass is 9.73. The summed E-state index contributed by atoms with van der Waals surface area (Å²) in [6.07, 6.45) is 3.44. The van der Waals surface area contributed by atoms with E-state index in [0.29, 0.717) is 30.0 Å². The van der Waals surface area contributed by atoms with Crippen LogP contribution in [0, 0.1) is 11.8 Å². The highest BCUT2D eigenvalue weighted by molar-refractivity contribution is 5.97. The topological polar surface area (TPSA) is 92.4 Å².